The highest BCUT2D eigenvalue weighted by molar-refractivity contribution is 6.14. The lowest BCUT2D eigenvalue weighted by Gasteiger charge is -2.13. The summed E-state index contributed by atoms with van der Waals surface area (Å²) in [6.07, 6.45) is 1.91. The van der Waals surface area contributed by atoms with Crippen molar-refractivity contribution in [1.29, 1.82) is 0 Å². The first kappa shape index (κ1) is 27.6. The van der Waals surface area contributed by atoms with Gasteiger partial charge in [-0.1, -0.05) is 70.2 Å². The van der Waals surface area contributed by atoms with Crippen LogP contribution >= 0.6 is 0 Å². The smallest absolute Gasteiger partial charge is 0.146 e. The molecule has 0 fully saturated rings. The van der Waals surface area contributed by atoms with Crippen LogP contribution in [0.25, 0.3) is 66.0 Å². The fraction of sp³-hybridized carbons (Fsp3) is 0.143. The molecule has 4 heterocycles. The molecule has 0 bridgehead atoms. The molecule has 0 aliphatic carbocycles. The van der Waals surface area contributed by atoms with Crippen LogP contribution in [0.2, 0.25) is 0 Å². The number of hydrogen-bond acceptors (Lipinski definition) is 3. The van der Waals surface area contributed by atoms with Gasteiger partial charge < -0.3 is 4.74 Å². The molecule has 47 heavy (non-hydrogen) atoms. The molecule has 0 radical (unpaired) electrons. The van der Waals surface area contributed by atoms with E-state index >= 15 is 0 Å². The van der Waals surface area contributed by atoms with Gasteiger partial charge in [-0.2, -0.15) is 0 Å². The summed E-state index contributed by atoms with van der Waals surface area (Å²) in [5, 5.41) is 5.77. The van der Waals surface area contributed by atoms with Crippen LogP contribution in [0.1, 0.15) is 50.7 Å². The molecule has 0 aliphatic heterocycles. The van der Waals surface area contributed by atoms with Crippen LogP contribution in [-0.4, -0.2) is 18.9 Å². The van der Waals surface area contributed by atoms with E-state index in [1.165, 1.54) is 27.3 Å². The Morgan fingerprint density at radius 3 is 1.98 bits per heavy atom. The molecule has 5 aromatic carbocycles. The maximum absolute atomic E-state index is 6.66. The van der Waals surface area contributed by atoms with E-state index in [4.69, 9.17) is 14.7 Å². The minimum Gasteiger partial charge on any atom is -0.457 e. The number of rotatable bonds is 5. The van der Waals surface area contributed by atoms with Gasteiger partial charge in [0.1, 0.15) is 23.0 Å². The van der Waals surface area contributed by atoms with Gasteiger partial charge in [0, 0.05) is 33.8 Å². The van der Waals surface area contributed by atoms with Gasteiger partial charge in [0.15, 0.2) is 0 Å². The summed E-state index contributed by atoms with van der Waals surface area (Å²) in [4.78, 5) is 9.98. The van der Waals surface area contributed by atoms with Gasteiger partial charge in [-0.05, 0) is 95.1 Å². The van der Waals surface area contributed by atoms with Crippen molar-refractivity contribution in [3.8, 4) is 17.3 Å². The zero-order chi connectivity index (χ0) is 31.8. The number of hydrogen-bond donors (Lipinski definition) is 0. The second-order valence-electron chi connectivity index (χ2n) is 13.1. The molecule has 9 aromatic rings. The minimum absolute atomic E-state index is 0.408. The summed E-state index contributed by atoms with van der Waals surface area (Å²) < 4.78 is 11.2. The lowest BCUT2D eigenvalue weighted by Crippen LogP contribution is -1.99. The number of fused-ring (bicyclic) bond motifs is 11. The van der Waals surface area contributed by atoms with Crippen LogP contribution in [-0.2, 0) is 0 Å². The van der Waals surface area contributed by atoms with Gasteiger partial charge in [-0.15, -0.1) is 0 Å². The third-order valence-electron chi connectivity index (χ3n) is 9.56. The van der Waals surface area contributed by atoms with Crippen molar-refractivity contribution in [3.05, 3.63) is 133 Å². The van der Waals surface area contributed by atoms with Crippen LogP contribution in [0.4, 0.5) is 0 Å². The van der Waals surface area contributed by atoms with Crippen LogP contribution in [0.5, 0.6) is 11.5 Å². The number of pyridine rings is 2. The molecule has 0 saturated heterocycles. The molecular formula is C42H34N4O. The van der Waals surface area contributed by atoms with Gasteiger partial charge in [-0.3, -0.25) is 8.97 Å². The van der Waals surface area contributed by atoms with E-state index in [1.807, 2.05) is 6.20 Å². The first-order valence-corrected chi connectivity index (χ1v) is 16.4. The Morgan fingerprint density at radius 2 is 1.19 bits per heavy atom. The molecule has 5 nitrogen and oxygen atoms in total. The zero-order valence-corrected chi connectivity index (χ0v) is 26.9. The molecule has 0 atom stereocenters. The average molecular weight is 611 g/mol. The molecule has 0 amide bonds. The molecular weight excluding hydrogens is 576 g/mol. The Hall–Kier alpha value is -5.68. The van der Waals surface area contributed by atoms with Gasteiger partial charge in [0.2, 0.25) is 0 Å². The zero-order valence-electron chi connectivity index (χ0n) is 26.9. The lowest BCUT2D eigenvalue weighted by molar-refractivity contribution is 0.484. The SMILES string of the molecule is CC(C)c1ccnc(-n2c3ccccc3c3ccc(Oc4ccc5c6ccccc6n6c7cc(C(C)C)ccc7nc6c5c4)cc32)c1. The first-order valence-electron chi connectivity index (χ1n) is 16.4. The van der Waals surface area contributed by atoms with Crippen molar-refractivity contribution < 1.29 is 4.74 Å². The minimum atomic E-state index is 0.408. The third kappa shape index (κ3) is 4.30. The van der Waals surface area contributed by atoms with E-state index in [2.05, 4.69) is 152 Å². The van der Waals surface area contributed by atoms with Gasteiger partial charge in [-0.25, -0.2) is 9.97 Å². The Balaban J connectivity index is 1.22. The topological polar surface area (TPSA) is 44.4 Å². The molecule has 4 aromatic heterocycles. The lowest BCUT2D eigenvalue weighted by atomic mass is 10.0. The summed E-state index contributed by atoms with van der Waals surface area (Å²) in [6, 6.07) is 40.8. The highest BCUT2D eigenvalue weighted by atomic mass is 16.5. The van der Waals surface area contributed by atoms with E-state index in [1.54, 1.807) is 0 Å². The van der Waals surface area contributed by atoms with Gasteiger partial charge >= 0.3 is 0 Å². The summed E-state index contributed by atoms with van der Waals surface area (Å²) in [6.45, 7) is 8.90. The monoisotopic (exact) mass is 610 g/mol. The first-order chi connectivity index (χ1) is 22.9. The fourth-order valence-electron chi connectivity index (χ4n) is 7.09. The molecule has 9 rings (SSSR count). The van der Waals surface area contributed by atoms with Crippen LogP contribution in [0.3, 0.4) is 0 Å². The summed E-state index contributed by atoms with van der Waals surface area (Å²) >= 11 is 0. The molecule has 5 heteroatoms. The number of imidazole rings is 1. The van der Waals surface area contributed by atoms with Crippen LogP contribution < -0.4 is 4.74 Å². The molecule has 0 spiro atoms. The highest BCUT2D eigenvalue weighted by Gasteiger charge is 2.17. The summed E-state index contributed by atoms with van der Waals surface area (Å²) in [5.41, 5.74) is 8.96. The van der Waals surface area contributed by atoms with E-state index in [-0.39, 0.29) is 0 Å². The normalized spacial score (nSPS) is 12.2. The predicted octanol–water partition coefficient (Wildman–Crippen LogP) is 11.3. The number of benzene rings is 5. The Morgan fingerprint density at radius 1 is 0.532 bits per heavy atom. The Kier molecular flexibility index (Phi) is 6.13. The highest BCUT2D eigenvalue weighted by Crippen LogP contribution is 2.38. The number of nitrogens with zero attached hydrogens (tertiary/aromatic N) is 4. The second-order valence-corrected chi connectivity index (χ2v) is 13.1. The van der Waals surface area contributed by atoms with Gasteiger partial charge in [0.05, 0.1) is 27.6 Å². The largest absolute Gasteiger partial charge is 0.457 e. The fourth-order valence-corrected chi connectivity index (χ4v) is 7.09. The predicted molar refractivity (Wildman–Crippen MR) is 195 cm³/mol. The summed E-state index contributed by atoms with van der Waals surface area (Å²) in [5.74, 6) is 3.29. The number of ether oxygens (including phenoxy) is 1. The summed E-state index contributed by atoms with van der Waals surface area (Å²) in [7, 11) is 0. The van der Waals surface area contributed by atoms with E-state index < -0.39 is 0 Å². The van der Waals surface area contributed by atoms with E-state index in [0.717, 1.165) is 61.3 Å². The van der Waals surface area contributed by atoms with E-state index in [9.17, 15) is 0 Å². The van der Waals surface area contributed by atoms with Crippen molar-refractivity contribution in [1.82, 2.24) is 18.9 Å². The van der Waals surface area contributed by atoms with Crippen molar-refractivity contribution >= 4 is 60.2 Å². The molecule has 0 unspecified atom stereocenters. The molecule has 0 N–H and O–H groups in total. The Bertz CT molecular complexity index is 2680. The maximum atomic E-state index is 6.66. The van der Waals surface area contributed by atoms with Crippen molar-refractivity contribution in [3.63, 3.8) is 0 Å². The second kappa shape index (κ2) is 10.4. The van der Waals surface area contributed by atoms with Crippen LogP contribution in [0.15, 0.2) is 121 Å². The number of para-hydroxylation sites is 2. The Labute approximate surface area is 272 Å². The van der Waals surface area contributed by atoms with E-state index in [0.29, 0.717) is 11.8 Å². The molecule has 228 valence electrons. The van der Waals surface area contributed by atoms with Crippen molar-refractivity contribution in [2.75, 3.05) is 0 Å². The standard InChI is InChI=1S/C42H34N4O/c1-25(2)27-13-18-36-40(21-27)46-38-12-8-5-9-32(38)31-16-14-29(23-35(31)42(46)44-36)47-30-15-17-34-33-10-6-7-11-37(33)45(39(34)24-30)41-22-28(26(3)4)19-20-43-41/h5-26H,1-4H3. The van der Waals surface area contributed by atoms with Crippen molar-refractivity contribution in [2.24, 2.45) is 0 Å². The van der Waals surface area contributed by atoms with Crippen molar-refractivity contribution in [2.45, 2.75) is 39.5 Å². The maximum Gasteiger partial charge on any atom is 0.146 e. The third-order valence-corrected chi connectivity index (χ3v) is 9.56. The average Bonchev–Trinajstić information content (AvgIpc) is 3.64. The number of aromatic nitrogens is 4. The molecule has 0 aliphatic rings. The van der Waals surface area contributed by atoms with Crippen LogP contribution in [0, 0.1) is 0 Å². The molecule has 0 saturated carbocycles. The quantitative estimate of drug-likeness (QED) is 0.182. The van der Waals surface area contributed by atoms with Gasteiger partial charge in [0.25, 0.3) is 0 Å².